The van der Waals surface area contributed by atoms with Crippen molar-refractivity contribution < 1.29 is 27.9 Å². The summed E-state index contributed by atoms with van der Waals surface area (Å²) in [6.07, 6.45) is 1.41. The number of ether oxygens (including phenoxy) is 1. The second kappa shape index (κ2) is 6.85. The molecule has 0 amide bonds. The van der Waals surface area contributed by atoms with Crippen LogP contribution in [0, 0.1) is 5.92 Å². The summed E-state index contributed by atoms with van der Waals surface area (Å²) in [7, 11) is -2.25. The number of nitrogens with one attached hydrogen (secondary N) is 1. The number of rotatable bonds is 6. The molecule has 0 aromatic carbocycles. The molecule has 0 atom stereocenters. The summed E-state index contributed by atoms with van der Waals surface area (Å²) in [5, 5.41) is 8.27. The lowest BCUT2D eigenvalue weighted by Crippen LogP contribution is -2.38. The molecule has 0 aromatic heterocycles. The maximum Gasteiger partial charge on any atom is 0.306 e. The topological polar surface area (TPSA) is 110 Å². The fourth-order valence-electron chi connectivity index (χ4n) is 2.14. The van der Waals surface area contributed by atoms with Crippen LogP contribution in [0.1, 0.15) is 32.1 Å². The van der Waals surface area contributed by atoms with Crippen molar-refractivity contribution in [2.24, 2.45) is 5.92 Å². The van der Waals surface area contributed by atoms with Crippen LogP contribution in [0.5, 0.6) is 0 Å². The first kappa shape index (κ1) is 15.9. The van der Waals surface area contributed by atoms with Gasteiger partial charge in [0.05, 0.1) is 24.7 Å². The highest BCUT2D eigenvalue weighted by Gasteiger charge is 2.33. The van der Waals surface area contributed by atoms with Crippen molar-refractivity contribution in [3.8, 4) is 0 Å². The quantitative estimate of drug-likeness (QED) is 0.673. The highest BCUT2D eigenvalue weighted by atomic mass is 32.2. The molecule has 8 heteroatoms. The van der Waals surface area contributed by atoms with Crippen molar-refractivity contribution in [3.05, 3.63) is 0 Å². The van der Waals surface area contributed by atoms with Crippen molar-refractivity contribution in [1.29, 1.82) is 0 Å². The van der Waals surface area contributed by atoms with E-state index in [9.17, 15) is 18.0 Å². The van der Waals surface area contributed by atoms with Crippen LogP contribution in [0.3, 0.4) is 0 Å². The highest BCUT2D eigenvalue weighted by molar-refractivity contribution is 7.90. The Morgan fingerprint density at radius 3 is 2.32 bits per heavy atom. The van der Waals surface area contributed by atoms with Gasteiger partial charge in [0.15, 0.2) is 0 Å². The third-order valence-electron chi connectivity index (χ3n) is 3.32. The van der Waals surface area contributed by atoms with Gasteiger partial charge in [0, 0.05) is 6.54 Å². The van der Waals surface area contributed by atoms with E-state index >= 15 is 0 Å². The second-order valence-electron chi connectivity index (χ2n) is 4.58. The van der Waals surface area contributed by atoms with Gasteiger partial charge in [-0.15, -0.1) is 0 Å². The van der Waals surface area contributed by atoms with E-state index in [1.165, 1.54) is 7.11 Å². The molecular formula is C11H19NO6S. The van der Waals surface area contributed by atoms with Crippen LogP contribution >= 0.6 is 0 Å². The number of carbonyl (C=O) groups excluding carboxylic acids is 1. The van der Waals surface area contributed by atoms with Gasteiger partial charge in [0.2, 0.25) is 10.0 Å². The minimum atomic E-state index is -3.49. The molecule has 19 heavy (non-hydrogen) atoms. The molecular weight excluding hydrogens is 274 g/mol. The van der Waals surface area contributed by atoms with Gasteiger partial charge in [-0.05, 0) is 25.7 Å². The number of hydrogen-bond donors (Lipinski definition) is 2. The summed E-state index contributed by atoms with van der Waals surface area (Å²) < 4.78 is 30.6. The maximum atomic E-state index is 11.9. The minimum Gasteiger partial charge on any atom is -0.481 e. The Bertz CT molecular complexity index is 424. The van der Waals surface area contributed by atoms with Gasteiger partial charge in [-0.3, -0.25) is 9.59 Å². The summed E-state index contributed by atoms with van der Waals surface area (Å²) in [6.45, 7) is 0.00780. The Labute approximate surface area is 112 Å². The molecule has 1 aliphatic rings. The first-order chi connectivity index (χ1) is 8.86. The van der Waals surface area contributed by atoms with Crippen molar-refractivity contribution in [3.63, 3.8) is 0 Å². The van der Waals surface area contributed by atoms with Gasteiger partial charge in [-0.1, -0.05) is 0 Å². The summed E-state index contributed by atoms with van der Waals surface area (Å²) in [6, 6.07) is 0. The predicted octanol–water partition coefficient (Wildman–Crippen LogP) is 0.112. The molecule has 0 aromatic rings. The number of carboxylic acids is 1. The number of hydrogen-bond acceptors (Lipinski definition) is 5. The van der Waals surface area contributed by atoms with E-state index in [0.29, 0.717) is 25.7 Å². The molecule has 0 unspecified atom stereocenters. The van der Waals surface area contributed by atoms with Crippen LogP contribution in [0.25, 0.3) is 0 Å². The van der Waals surface area contributed by atoms with Crippen LogP contribution in [0.2, 0.25) is 0 Å². The third-order valence-corrected chi connectivity index (χ3v) is 5.28. The van der Waals surface area contributed by atoms with Crippen LogP contribution in [-0.4, -0.2) is 44.4 Å². The van der Waals surface area contributed by atoms with Gasteiger partial charge in [0.1, 0.15) is 0 Å². The molecule has 0 spiro atoms. The highest BCUT2D eigenvalue weighted by Crippen LogP contribution is 2.28. The van der Waals surface area contributed by atoms with E-state index in [1.54, 1.807) is 0 Å². The zero-order valence-electron chi connectivity index (χ0n) is 10.8. The molecule has 1 aliphatic carbocycles. The lowest BCUT2D eigenvalue weighted by atomic mass is 9.89. The van der Waals surface area contributed by atoms with Crippen LogP contribution in [-0.2, 0) is 24.3 Å². The number of carboxylic acid groups (broad SMARTS) is 1. The Kier molecular flexibility index (Phi) is 5.74. The van der Waals surface area contributed by atoms with E-state index in [0.717, 1.165) is 0 Å². The first-order valence-corrected chi connectivity index (χ1v) is 7.69. The molecule has 1 rings (SSSR count). The molecule has 0 radical (unpaired) electrons. The number of methoxy groups -OCH3 is 1. The summed E-state index contributed by atoms with van der Waals surface area (Å²) >= 11 is 0. The normalized spacial score (nSPS) is 23.8. The van der Waals surface area contributed by atoms with Crippen molar-refractivity contribution in [2.75, 3.05) is 13.7 Å². The smallest absolute Gasteiger partial charge is 0.306 e. The summed E-state index contributed by atoms with van der Waals surface area (Å²) in [5.41, 5.74) is 0. The van der Waals surface area contributed by atoms with Crippen LogP contribution < -0.4 is 4.72 Å². The number of carbonyl (C=O) groups is 2. The first-order valence-electron chi connectivity index (χ1n) is 6.15. The molecule has 0 heterocycles. The molecule has 0 bridgehead atoms. The zero-order chi connectivity index (χ0) is 14.5. The molecule has 0 aliphatic heterocycles. The molecule has 2 N–H and O–H groups in total. The van der Waals surface area contributed by atoms with Gasteiger partial charge in [0.25, 0.3) is 0 Å². The summed E-state index contributed by atoms with van der Waals surface area (Å²) in [5.74, 6) is -1.78. The average molecular weight is 293 g/mol. The number of aliphatic carboxylic acids is 1. The van der Waals surface area contributed by atoms with Crippen molar-refractivity contribution in [2.45, 2.75) is 37.4 Å². The van der Waals surface area contributed by atoms with Crippen LogP contribution in [0.15, 0.2) is 0 Å². The van der Waals surface area contributed by atoms with E-state index in [2.05, 4.69) is 9.46 Å². The van der Waals surface area contributed by atoms with Gasteiger partial charge < -0.3 is 9.84 Å². The zero-order valence-corrected chi connectivity index (χ0v) is 11.6. The minimum absolute atomic E-state index is 0.00780. The Morgan fingerprint density at radius 2 is 1.84 bits per heavy atom. The standard InChI is InChI=1S/C11H19NO6S/c1-18-10(13)6-7-12-19(16,17)9-4-2-8(3-5-9)11(14)15/h8-9,12H,2-7H2,1H3,(H,14,15). The van der Waals surface area contributed by atoms with Crippen molar-refractivity contribution >= 4 is 22.0 Å². The molecule has 1 fully saturated rings. The van der Waals surface area contributed by atoms with Gasteiger partial charge >= 0.3 is 11.9 Å². The average Bonchev–Trinajstić information content (AvgIpc) is 2.38. The number of esters is 1. The SMILES string of the molecule is COC(=O)CCNS(=O)(=O)C1CCC(C(=O)O)CC1. The lowest BCUT2D eigenvalue weighted by Gasteiger charge is -2.25. The van der Waals surface area contributed by atoms with E-state index < -0.39 is 33.1 Å². The lowest BCUT2D eigenvalue weighted by molar-refractivity contribution is -0.143. The molecule has 7 nitrogen and oxygen atoms in total. The molecule has 110 valence electrons. The largest absolute Gasteiger partial charge is 0.481 e. The van der Waals surface area contributed by atoms with Crippen LogP contribution in [0.4, 0.5) is 0 Å². The maximum absolute atomic E-state index is 11.9. The van der Waals surface area contributed by atoms with Gasteiger partial charge in [-0.25, -0.2) is 13.1 Å². The fraction of sp³-hybridized carbons (Fsp3) is 0.818. The molecule has 0 saturated heterocycles. The summed E-state index contributed by atoms with van der Waals surface area (Å²) in [4.78, 5) is 21.6. The molecule has 1 saturated carbocycles. The fourth-order valence-corrected chi connectivity index (χ4v) is 3.65. The predicted molar refractivity (Wildman–Crippen MR) is 66.9 cm³/mol. The van der Waals surface area contributed by atoms with E-state index in [4.69, 9.17) is 5.11 Å². The number of sulfonamides is 1. The van der Waals surface area contributed by atoms with E-state index in [1.807, 2.05) is 0 Å². The Balaban J connectivity index is 2.42. The van der Waals surface area contributed by atoms with E-state index in [-0.39, 0.29) is 13.0 Å². The Hall–Kier alpha value is -1.15. The third kappa shape index (κ3) is 4.79. The Morgan fingerprint density at radius 1 is 1.26 bits per heavy atom. The monoisotopic (exact) mass is 293 g/mol. The van der Waals surface area contributed by atoms with Crippen molar-refractivity contribution in [1.82, 2.24) is 4.72 Å². The van der Waals surface area contributed by atoms with Gasteiger partial charge in [-0.2, -0.15) is 0 Å². The second-order valence-corrected chi connectivity index (χ2v) is 6.62.